The van der Waals surface area contributed by atoms with E-state index in [0.717, 1.165) is 35.1 Å². The summed E-state index contributed by atoms with van der Waals surface area (Å²) < 4.78 is 7.29. The smallest absolute Gasteiger partial charge is 0.294 e. The van der Waals surface area contributed by atoms with E-state index in [1.165, 1.54) is 5.56 Å². The molecule has 3 aromatic rings. The minimum absolute atomic E-state index is 0.335. The van der Waals surface area contributed by atoms with Gasteiger partial charge in [-0.3, -0.25) is 0 Å². The van der Waals surface area contributed by atoms with Crippen molar-refractivity contribution in [2.24, 2.45) is 0 Å². The zero-order chi connectivity index (χ0) is 17.1. The fourth-order valence-electron chi connectivity index (χ4n) is 2.62. The molecule has 0 aliphatic carbocycles. The highest BCUT2D eigenvalue weighted by molar-refractivity contribution is 5.80. The summed E-state index contributed by atoms with van der Waals surface area (Å²) in [5.41, 5.74) is 3.05. The second-order valence-corrected chi connectivity index (χ2v) is 6.07. The highest BCUT2D eigenvalue weighted by Crippen LogP contribution is 2.20. The lowest BCUT2D eigenvalue weighted by atomic mass is 10.2. The molecule has 0 bridgehead atoms. The third-order valence-electron chi connectivity index (χ3n) is 3.94. The van der Waals surface area contributed by atoms with Gasteiger partial charge in [0.1, 0.15) is 5.75 Å². The predicted octanol–water partition coefficient (Wildman–Crippen LogP) is 2.86. The number of hydrogen-bond donors (Lipinski definition) is 2. The highest BCUT2D eigenvalue weighted by atomic mass is 16.5. The third-order valence-corrected chi connectivity index (χ3v) is 3.94. The molecule has 0 atom stereocenters. The first kappa shape index (κ1) is 16.2. The van der Waals surface area contributed by atoms with Crippen LogP contribution in [0.2, 0.25) is 0 Å². The van der Waals surface area contributed by atoms with Crippen molar-refractivity contribution < 1.29 is 9.30 Å². The maximum absolute atomic E-state index is 5.22. The Balaban J connectivity index is 2.01. The van der Waals surface area contributed by atoms with Gasteiger partial charge in [-0.15, -0.1) is 0 Å². The van der Waals surface area contributed by atoms with E-state index in [0.29, 0.717) is 12.5 Å². The standard InChI is InChI=1S/C18H23N5O/c1-5-19-17-15-18(22-16(21-15)12(2)3)23(11-20-17)10-13-6-8-14(24-4)9-7-13/h6-9,11-12H,5,10H2,1-4H3,(H,19,21,22)/p+1. The lowest BCUT2D eigenvalue weighted by Crippen LogP contribution is -2.36. The fraction of sp³-hybridized carbons (Fsp3) is 0.389. The molecule has 2 N–H and O–H groups in total. The number of nitrogens with one attached hydrogen (secondary N) is 2. The van der Waals surface area contributed by atoms with Crippen LogP contribution < -0.4 is 14.6 Å². The van der Waals surface area contributed by atoms with Crippen LogP contribution in [0.4, 0.5) is 5.82 Å². The first-order chi connectivity index (χ1) is 11.6. The number of aromatic amines is 1. The van der Waals surface area contributed by atoms with Crippen LogP contribution in [0, 0.1) is 0 Å². The van der Waals surface area contributed by atoms with E-state index >= 15 is 0 Å². The van der Waals surface area contributed by atoms with Gasteiger partial charge in [-0.25, -0.2) is 4.57 Å². The number of nitrogens with zero attached hydrogens (tertiary/aromatic N) is 3. The van der Waals surface area contributed by atoms with Gasteiger partial charge in [0.25, 0.3) is 5.65 Å². The van der Waals surface area contributed by atoms with Gasteiger partial charge < -0.3 is 15.0 Å². The number of fused-ring (bicyclic) bond motifs is 1. The summed E-state index contributed by atoms with van der Waals surface area (Å²) in [5.74, 6) is 3.01. The van der Waals surface area contributed by atoms with Crippen molar-refractivity contribution in [3.63, 3.8) is 0 Å². The van der Waals surface area contributed by atoms with Gasteiger partial charge in [-0.1, -0.05) is 35.9 Å². The Morgan fingerprint density at radius 1 is 1.25 bits per heavy atom. The molecule has 0 saturated heterocycles. The predicted molar refractivity (Wildman–Crippen MR) is 94.4 cm³/mol. The summed E-state index contributed by atoms with van der Waals surface area (Å²) in [6, 6.07) is 8.06. The van der Waals surface area contributed by atoms with Crippen LogP contribution >= 0.6 is 0 Å². The summed E-state index contributed by atoms with van der Waals surface area (Å²) >= 11 is 0. The van der Waals surface area contributed by atoms with Gasteiger partial charge in [-0.2, -0.15) is 0 Å². The highest BCUT2D eigenvalue weighted by Gasteiger charge is 2.21. The third kappa shape index (κ3) is 3.18. The minimum atomic E-state index is 0.335. The molecular formula is C18H24N5O+. The average molecular weight is 326 g/mol. The molecule has 0 spiro atoms. The molecule has 6 heteroatoms. The molecule has 0 saturated carbocycles. The van der Waals surface area contributed by atoms with Crippen molar-refractivity contribution in [1.29, 1.82) is 0 Å². The molecular weight excluding hydrogens is 302 g/mol. The average Bonchev–Trinajstić information content (AvgIpc) is 3.04. The van der Waals surface area contributed by atoms with Crippen LogP contribution in [-0.2, 0) is 6.54 Å². The van der Waals surface area contributed by atoms with Crippen molar-refractivity contribution in [2.45, 2.75) is 33.2 Å². The summed E-state index contributed by atoms with van der Waals surface area (Å²) in [6.45, 7) is 7.85. The van der Waals surface area contributed by atoms with Gasteiger partial charge in [0.15, 0.2) is 11.3 Å². The molecule has 0 radical (unpaired) electrons. The van der Waals surface area contributed by atoms with Crippen molar-refractivity contribution >= 4 is 17.0 Å². The van der Waals surface area contributed by atoms with E-state index < -0.39 is 0 Å². The number of ether oxygens (including phenoxy) is 1. The molecule has 0 unspecified atom stereocenters. The lowest BCUT2D eigenvalue weighted by molar-refractivity contribution is -0.667. The SMILES string of the molecule is CCNc1nc[n+](Cc2ccc(OC)cc2)c2nc(C(C)C)[nH]c12. The molecule has 3 rings (SSSR count). The molecule has 126 valence electrons. The molecule has 1 aromatic carbocycles. The Kier molecular flexibility index (Phi) is 4.64. The molecule has 2 heterocycles. The first-order valence-corrected chi connectivity index (χ1v) is 8.27. The van der Waals surface area contributed by atoms with Crippen molar-refractivity contribution in [1.82, 2.24) is 15.0 Å². The first-order valence-electron chi connectivity index (χ1n) is 8.27. The number of imidazole rings is 1. The van der Waals surface area contributed by atoms with Crippen LogP contribution in [0.1, 0.15) is 38.1 Å². The van der Waals surface area contributed by atoms with Gasteiger partial charge in [0.05, 0.1) is 13.7 Å². The van der Waals surface area contributed by atoms with Crippen LogP contribution in [0.5, 0.6) is 5.75 Å². The summed E-state index contributed by atoms with van der Waals surface area (Å²) in [5, 5.41) is 3.30. The lowest BCUT2D eigenvalue weighted by Gasteiger charge is -2.05. The summed E-state index contributed by atoms with van der Waals surface area (Å²) in [7, 11) is 1.67. The second kappa shape index (κ2) is 6.86. The maximum Gasteiger partial charge on any atom is 0.294 e. The summed E-state index contributed by atoms with van der Waals surface area (Å²) in [6.07, 6.45) is 1.84. The molecule has 6 nitrogen and oxygen atoms in total. The van der Waals surface area contributed by atoms with Crippen molar-refractivity contribution in [3.8, 4) is 5.75 Å². The fourth-order valence-corrected chi connectivity index (χ4v) is 2.62. The van der Waals surface area contributed by atoms with E-state index in [9.17, 15) is 0 Å². The molecule has 24 heavy (non-hydrogen) atoms. The van der Waals surface area contributed by atoms with Crippen LogP contribution in [0.15, 0.2) is 30.6 Å². The number of anilines is 1. The molecule has 0 fully saturated rings. The molecule has 2 aromatic heterocycles. The van der Waals surface area contributed by atoms with Gasteiger partial charge in [0.2, 0.25) is 12.1 Å². The van der Waals surface area contributed by atoms with E-state index in [1.807, 2.05) is 18.5 Å². The van der Waals surface area contributed by atoms with Crippen LogP contribution in [0.3, 0.4) is 0 Å². The van der Waals surface area contributed by atoms with Gasteiger partial charge in [-0.05, 0) is 24.6 Å². The van der Waals surface area contributed by atoms with E-state index in [2.05, 4.69) is 52.8 Å². The topological polar surface area (TPSA) is 66.7 Å². The van der Waals surface area contributed by atoms with Crippen LogP contribution in [-0.4, -0.2) is 28.6 Å². The monoisotopic (exact) mass is 326 g/mol. The number of rotatable bonds is 6. The Hall–Kier alpha value is -2.63. The van der Waals surface area contributed by atoms with Gasteiger partial charge in [0, 0.05) is 12.5 Å². The normalized spacial score (nSPS) is 11.2. The Bertz CT molecular complexity index is 823. The number of hydrogen-bond acceptors (Lipinski definition) is 4. The Morgan fingerprint density at radius 3 is 2.62 bits per heavy atom. The second-order valence-electron chi connectivity index (χ2n) is 6.07. The van der Waals surface area contributed by atoms with E-state index in [1.54, 1.807) is 7.11 Å². The van der Waals surface area contributed by atoms with E-state index in [-0.39, 0.29) is 0 Å². The Morgan fingerprint density at radius 2 is 2.00 bits per heavy atom. The van der Waals surface area contributed by atoms with Crippen molar-refractivity contribution in [2.75, 3.05) is 19.0 Å². The van der Waals surface area contributed by atoms with Gasteiger partial charge >= 0.3 is 0 Å². The number of aromatic nitrogens is 4. The minimum Gasteiger partial charge on any atom is -0.497 e. The van der Waals surface area contributed by atoms with Crippen LogP contribution in [0.25, 0.3) is 11.2 Å². The van der Waals surface area contributed by atoms with Crippen molar-refractivity contribution in [3.05, 3.63) is 42.0 Å². The summed E-state index contributed by atoms with van der Waals surface area (Å²) in [4.78, 5) is 12.8. The zero-order valence-corrected chi connectivity index (χ0v) is 14.6. The molecule has 0 aliphatic heterocycles. The largest absolute Gasteiger partial charge is 0.497 e. The molecule has 0 aliphatic rings. The quantitative estimate of drug-likeness (QED) is 0.684. The number of benzene rings is 1. The zero-order valence-electron chi connectivity index (χ0n) is 14.6. The molecule has 0 amide bonds. The Labute approximate surface area is 141 Å². The number of methoxy groups -OCH3 is 1. The van der Waals surface area contributed by atoms with E-state index in [4.69, 9.17) is 9.72 Å². The maximum atomic E-state index is 5.22. The number of H-pyrrole nitrogens is 1.